The predicted octanol–water partition coefficient (Wildman–Crippen LogP) is 0.566. The molecule has 8 heavy (non-hydrogen) atoms. The highest BCUT2D eigenvalue weighted by Crippen LogP contribution is 1.75. The number of nitrogens with one attached hydrogen (secondary N) is 1. The lowest BCUT2D eigenvalue weighted by Gasteiger charge is -1.91. The molecule has 0 fully saturated rings. The number of carbonyl (C=O) groups excluding carboxylic acids is 1. The molecule has 1 amide bonds. The van der Waals surface area contributed by atoms with E-state index in [0.717, 1.165) is 0 Å². The molecule has 0 rings (SSSR count). The Morgan fingerprint density at radius 1 is 1.88 bits per heavy atom. The summed E-state index contributed by atoms with van der Waals surface area (Å²) in [7, 11) is 0. The van der Waals surface area contributed by atoms with E-state index in [4.69, 9.17) is 0 Å². The van der Waals surface area contributed by atoms with Gasteiger partial charge in [-0.05, 0) is 12.3 Å². The summed E-state index contributed by atoms with van der Waals surface area (Å²) in [6, 6.07) is 0. The van der Waals surface area contributed by atoms with Gasteiger partial charge < -0.3 is 5.32 Å². The molecule has 0 aromatic carbocycles. The number of hydrogen-bond acceptors (Lipinski definition) is 2. The Morgan fingerprint density at radius 3 is 2.88 bits per heavy atom. The van der Waals surface area contributed by atoms with Crippen molar-refractivity contribution >= 4 is 18.5 Å². The largest absolute Gasteiger partial charge is 0.353 e. The van der Waals surface area contributed by atoms with Gasteiger partial charge in [-0.25, -0.2) is 0 Å². The second kappa shape index (κ2) is 4.71. The minimum atomic E-state index is -0.0949. The summed E-state index contributed by atoms with van der Waals surface area (Å²) in [5.41, 5.74) is 0. The molecule has 2 nitrogen and oxygen atoms in total. The van der Waals surface area contributed by atoms with Gasteiger partial charge in [-0.3, -0.25) is 4.79 Å². The summed E-state index contributed by atoms with van der Waals surface area (Å²) in [6.45, 7) is 2.53. The van der Waals surface area contributed by atoms with Crippen molar-refractivity contribution in [3.8, 4) is 0 Å². The fraction of sp³-hybridized carbons (Fsp3) is 0.400. The third-order valence-corrected chi connectivity index (χ3v) is 0.726. The van der Waals surface area contributed by atoms with Gasteiger partial charge >= 0.3 is 0 Å². The molecule has 0 aromatic rings. The molecule has 0 aliphatic carbocycles. The van der Waals surface area contributed by atoms with Crippen LogP contribution in [-0.2, 0) is 4.79 Å². The summed E-state index contributed by atoms with van der Waals surface area (Å²) in [5, 5.41) is 3.98. The first-order chi connectivity index (χ1) is 3.81. The lowest BCUT2D eigenvalue weighted by Crippen LogP contribution is -2.19. The fourth-order valence-corrected chi connectivity index (χ4v) is 0.436. The molecule has 0 aliphatic rings. The lowest BCUT2D eigenvalue weighted by molar-refractivity contribution is -0.116. The average Bonchev–Trinajstić information content (AvgIpc) is 1.68. The van der Waals surface area contributed by atoms with Gasteiger partial charge in [0.2, 0.25) is 5.91 Å². The lowest BCUT2D eigenvalue weighted by atomic mass is 10.6. The third kappa shape index (κ3) is 3.74. The normalized spacial score (nSPS) is 9.75. The quantitative estimate of drug-likeness (QED) is 0.416. The van der Waals surface area contributed by atoms with E-state index in [2.05, 4.69) is 17.9 Å². The van der Waals surface area contributed by atoms with Gasteiger partial charge in [-0.15, -0.1) is 0 Å². The van der Waals surface area contributed by atoms with Crippen LogP contribution < -0.4 is 5.32 Å². The van der Waals surface area contributed by atoms with E-state index < -0.39 is 0 Å². The van der Waals surface area contributed by atoms with E-state index in [1.54, 1.807) is 0 Å². The Bertz CT molecular complexity index is 101. The summed E-state index contributed by atoms with van der Waals surface area (Å²) < 4.78 is 0. The van der Waals surface area contributed by atoms with Crippen LogP contribution in [0.25, 0.3) is 0 Å². The van der Waals surface area contributed by atoms with Crippen LogP contribution in [-0.4, -0.2) is 12.5 Å². The maximum atomic E-state index is 10.4. The number of likely N-dealkylation sites (N-methyl/N-ethyl adjacent to an activating group) is 1. The number of hydrogen-bond donors (Lipinski definition) is 2. The zero-order valence-electron chi connectivity index (χ0n) is 4.72. The SMILES string of the molecule is CCNC(=O)C=CS. The Hall–Kier alpha value is -0.440. The van der Waals surface area contributed by atoms with E-state index in [1.807, 2.05) is 6.92 Å². The smallest absolute Gasteiger partial charge is 0.244 e. The molecule has 1 N–H and O–H groups in total. The molecule has 46 valence electrons. The van der Waals surface area contributed by atoms with Crippen LogP contribution in [0.4, 0.5) is 0 Å². The summed E-state index contributed by atoms with van der Waals surface area (Å²) in [4.78, 5) is 10.4. The fourth-order valence-electron chi connectivity index (χ4n) is 0.301. The molecule has 0 spiro atoms. The van der Waals surface area contributed by atoms with Gasteiger partial charge in [-0.1, -0.05) is 0 Å². The van der Waals surface area contributed by atoms with Crippen molar-refractivity contribution in [3.63, 3.8) is 0 Å². The molecule has 0 bridgehead atoms. The predicted molar refractivity (Wildman–Crippen MR) is 36.8 cm³/mol. The summed E-state index contributed by atoms with van der Waals surface area (Å²) in [5.74, 6) is -0.0949. The van der Waals surface area contributed by atoms with E-state index in [9.17, 15) is 4.79 Å². The molecule has 0 aliphatic heterocycles. The van der Waals surface area contributed by atoms with Crippen LogP contribution in [0.1, 0.15) is 6.92 Å². The first kappa shape index (κ1) is 7.56. The van der Waals surface area contributed by atoms with Crippen molar-refractivity contribution < 1.29 is 4.79 Å². The van der Waals surface area contributed by atoms with Gasteiger partial charge in [0.05, 0.1) is 0 Å². The molecular formula is C5H9NOS. The van der Waals surface area contributed by atoms with Crippen LogP contribution in [0.3, 0.4) is 0 Å². The number of thiol groups is 1. The maximum Gasteiger partial charge on any atom is 0.244 e. The van der Waals surface area contributed by atoms with Crippen LogP contribution in [0.2, 0.25) is 0 Å². The first-order valence-electron chi connectivity index (χ1n) is 2.39. The molecule has 0 saturated heterocycles. The highest BCUT2D eigenvalue weighted by molar-refractivity contribution is 7.83. The molecule has 0 aromatic heterocycles. The first-order valence-corrected chi connectivity index (χ1v) is 2.91. The molecule has 0 heterocycles. The number of amides is 1. The van der Waals surface area contributed by atoms with Crippen LogP contribution in [0, 0.1) is 0 Å². The molecule has 0 atom stereocenters. The average molecular weight is 131 g/mol. The Labute approximate surface area is 54.4 Å². The van der Waals surface area contributed by atoms with Crippen molar-refractivity contribution in [1.29, 1.82) is 0 Å². The highest BCUT2D eigenvalue weighted by atomic mass is 32.1. The molecule has 0 unspecified atom stereocenters. The van der Waals surface area contributed by atoms with Crippen molar-refractivity contribution in [3.05, 3.63) is 11.5 Å². The van der Waals surface area contributed by atoms with Gasteiger partial charge in [0.15, 0.2) is 0 Å². The van der Waals surface area contributed by atoms with E-state index in [0.29, 0.717) is 6.54 Å². The summed E-state index contributed by atoms with van der Waals surface area (Å²) in [6.07, 6.45) is 1.37. The topological polar surface area (TPSA) is 29.1 Å². The van der Waals surface area contributed by atoms with E-state index in [1.165, 1.54) is 11.5 Å². The zero-order valence-corrected chi connectivity index (χ0v) is 5.61. The molecule has 0 saturated carbocycles. The van der Waals surface area contributed by atoms with Gasteiger partial charge in [0.25, 0.3) is 0 Å². The second-order valence-electron chi connectivity index (χ2n) is 1.21. The van der Waals surface area contributed by atoms with Crippen LogP contribution >= 0.6 is 12.6 Å². The van der Waals surface area contributed by atoms with Gasteiger partial charge in [0.1, 0.15) is 0 Å². The Balaban J connectivity index is 3.33. The van der Waals surface area contributed by atoms with Crippen LogP contribution in [0.15, 0.2) is 11.5 Å². The van der Waals surface area contributed by atoms with Crippen LogP contribution in [0.5, 0.6) is 0 Å². The number of carbonyl (C=O) groups is 1. The monoisotopic (exact) mass is 131 g/mol. The van der Waals surface area contributed by atoms with Crippen molar-refractivity contribution in [2.75, 3.05) is 6.54 Å². The maximum absolute atomic E-state index is 10.4. The standard InChI is InChI=1S/C5H9NOS/c1-2-6-5(7)3-4-8/h3-4,8H,2H2,1H3,(H,6,7). The van der Waals surface area contributed by atoms with Crippen molar-refractivity contribution in [1.82, 2.24) is 5.32 Å². The molecule has 3 heteroatoms. The third-order valence-electron chi connectivity index (χ3n) is 0.577. The van der Waals surface area contributed by atoms with E-state index >= 15 is 0 Å². The highest BCUT2D eigenvalue weighted by Gasteiger charge is 1.85. The molecule has 0 radical (unpaired) electrons. The van der Waals surface area contributed by atoms with Crippen molar-refractivity contribution in [2.45, 2.75) is 6.92 Å². The van der Waals surface area contributed by atoms with Gasteiger partial charge in [0, 0.05) is 12.6 Å². The Kier molecular flexibility index (Phi) is 4.45. The number of rotatable bonds is 2. The molecular weight excluding hydrogens is 122 g/mol. The van der Waals surface area contributed by atoms with Gasteiger partial charge in [-0.2, -0.15) is 12.6 Å². The minimum absolute atomic E-state index is 0.0949. The Morgan fingerprint density at radius 2 is 2.50 bits per heavy atom. The summed E-state index contributed by atoms with van der Waals surface area (Å²) >= 11 is 3.71. The zero-order chi connectivity index (χ0) is 6.41. The van der Waals surface area contributed by atoms with Crippen molar-refractivity contribution in [2.24, 2.45) is 0 Å². The minimum Gasteiger partial charge on any atom is -0.353 e. The second-order valence-corrected chi connectivity index (χ2v) is 1.51. The van der Waals surface area contributed by atoms with E-state index in [-0.39, 0.29) is 5.91 Å².